The van der Waals surface area contributed by atoms with Crippen LogP contribution in [0.3, 0.4) is 0 Å². The van der Waals surface area contributed by atoms with Gasteiger partial charge in [0.1, 0.15) is 0 Å². The molecule has 0 N–H and O–H groups in total. The number of fused-ring (bicyclic) bond motifs is 1. The highest BCUT2D eigenvalue weighted by molar-refractivity contribution is 6.19. The highest BCUT2D eigenvalue weighted by Crippen LogP contribution is 2.43. The van der Waals surface area contributed by atoms with Gasteiger partial charge in [0.2, 0.25) is 5.75 Å². The summed E-state index contributed by atoms with van der Waals surface area (Å²) in [4.78, 5) is 13.6. The van der Waals surface area contributed by atoms with Crippen LogP contribution in [0.2, 0.25) is 0 Å². The number of hydrogen-bond acceptors (Lipinski definition) is 4. The van der Waals surface area contributed by atoms with Crippen molar-refractivity contribution in [2.24, 2.45) is 0 Å². The molecule has 0 radical (unpaired) electrons. The van der Waals surface area contributed by atoms with Gasteiger partial charge in [0, 0.05) is 5.56 Å². The van der Waals surface area contributed by atoms with Crippen molar-refractivity contribution in [3.8, 4) is 17.2 Å². The summed E-state index contributed by atoms with van der Waals surface area (Å²) in [5, 5.41) is 1.95. The summed E-state index contributed by atoms with van der Waals surface area (Å²) in [7, 11) is 4.63. The number of rotatable bonds is 5. The summed E-state index contributed by atoms with van der Waals surface area (Å²) in [5.41, 5.74) is 2.86. The fourth-order valence-corrected chi connectivity index (χ4v) is 3.37. The van der Waals surface area contributed by atoms with Gasteiger partial charge < -0.3 is 14.2 Å². The van der Waals surface area contributed by atoms with Crippen molar-refractivity contribution in [2.45, 2.75) is 13.8 Å². The zero-order chi connectivity index (χ0) is 18.8. The van der Waals surface area contributed by atoms with Crippen LogP contribution in [0.25, 0.3) is 10.8 Å². The standard InChI is InChI=1S/C22H22O4/c1-13-10-11-15-8-6-7-9-16(15)18(13)20(23)19-14(2)12-17(24-3)21(25-4)22(19)26-5/h6-12H,1-5H3. The Morgan fingerprint density at radius 2 is 1.46 bits per heavy atom. The van der Waals surface area contributed by atoms with Gasteiger partial charge in [-0.1, -0.05) is 36.4 Å². The van der Waals surface area contributed by atoms with E-state index in [-0.39, 0.29) is 5.78 Å². The van der Waals surface area contributed by atoms with Crippen LogP contribution in [-0.2, 0) is 0 Å². The van der Waals surface area contributed by atoms with Gasteiger partial charge in [0.25, 0.3) is 0 Å². The van der Waals surface area contributed by atoms with Gasteiger partial charge in [-0.05, 0) is 41.8 Å². The molecule has 0 fully saturated rings. The van der Waals surface area contributed by atoms with Crippen molar-refractivity contribution >= 4 is 16.6 Å². The lowest BCUT2D eigenvalue weighted by atomic mass is 9.90. The summed E-state index contributed by atoms with van der Waals surface area (Å²) in [6, 6.07) is 13.7. The third-order valence-corrected chi connectivity index (χ3v) is 4.62. The topological polar surface area (TPSA) is 44.8 Å². The van der Waals surface area contributed by atoms with Crippen LogP contribution in [0.1, 0.15) is 27.0 Å². The molecule has 26 heavy (non-hydrogen) atoms. The number of carbonyl (C=O) groups excluding carboxylic acids is 1. The van der Waals surface area contributed by atoms with E-state index < -0.39 is 0 Å². The maximum Gasteiger partial charge on any atom is 0.204 e. The molecule has 0 aliphatic heterocycles. The van der Waals surface area contributed by atoms with E-state index in [9.17, 15) is 4.79 Å². The molecule has 0 spiro atoms. The van der Waals surface area contributed by atoms with Crippen LogP contribution < -0.4 is 14.2 Å². The molecular formula is C22H22O4. The minimum Gasteiger partial charge on any atom is -0.493 e. The van der Waals surface area contributed by atoms with E-state index in [1.807, 2.05) is 50.2 Å². The molecule has 0 aliphatic rings. The summed E-state index contributed by atoms with van der Waals surface area (Å²) in [6.45, 7) is 3.82. The van der Waals surface area contributed by atoms with E-state index in [2.05, 4.69) is 0 Å². The van der Waals surface area contributed by atoms with Crippen molar-refractivity contribution in [2.75, 3.05) is 21.3 Å². The lowest BCUT2D eigenvalue weighted by molar-refractivity contribution is 0.103. The third-order valence-electron chi connectivity index (χ3n) is 4.62. The average molecular weight is 350 g/mol. The van der Waals surface area contributed by atoms with E-state index in [1.54, 1.807) is 13.2 Å². The maximum atomic E-state index is 13.6. The number of hydrogen-bond donors (Lipinski definition) is 0. The molecule has 134 valence electrons. The lowest BCUT2D eigenvalue weighted by Gasteiger charge is -2.18. The summed E-state index contributed by atoms with van der Waals surface area (Å²) >= 11 is 0. The second-order valence-corrected chi connectivity index (χ2v) is 6.14. The summed E-state index contributed by atoms with van der Waals surface area (Å²) < 4.78 is 16.4. The normalized spacial score (nSPS) is 10.7. The number of aryl methyl sites for hydroxylation is 2. The van der Waals surface area contributed by atoms with E-state index in [0.717, 1.165) is 21.9 Å². The van der Waals surface area contributed by atoms with E-state index in [1.165, 1.54) is 14.2 Å². The third kappa shape index (κ3) is 2.77. The molecule has 3 aromatic rings. The van der Waals surface area contributed by atoms with Crippen LogP contribution in [0.4, 0.5) is 0 Å². The molecule has 0 aromatic heterocycles. The fourth-order valence-electron chi connectivity index (χ4n) is 3.37. The Balaban J connectivity index is 2.32. The zero-order valence-corrected chi connectivity index (χ0v) is 15.7. The van der Waals surface area contributed by atoms with Gasteiger partial charge in [-0.25, -0.2) is 0 Å². The molecule has 0 saturated carbocycles. The molecule has 0 atom stereocenters. The quantitative estimate of drug-likeness (QED) is 0.625. The molecule has 0 saturated heterocycles. The van der Waals surface area contributed by atoms with Crippen LogP contribution in [-0.4, -0.2) is 27.1 Å². The van der Waals surface area contributed by atoms with Crippen molar-refractivity contribution in [1.82, 2.24) is 0 Å². The molecule has 4 heteroatoms. The number of ether oxygens (including phenoxy) is 3. The van der Waals surface area contributed by atoms with Crippen LogP contribution >= 0.6 is 0 Å². The second kappa shape index (κ2) is 7.08. The van der Waals surface area contributed by atoms with Gasteiger partial charge in [0.15, 0.2) is 17.3 Å². The summed E-state index contributed by atoms with van der Waals surface area (Å²) in [6.07, 6.45) is 0. The Labute approximate surface area is 153 Å². The summed E-state index contributed by atoms with van der Waals surface area (Å²) in [5.74, 6) is 1.26. The molecule has 3 aromatic carbocycles. The van der Waals surface area contributed by atoms with Gasteiger partial charge in [-0.2, -0.15) is 0 Å². The largest absolute Gasteiger partial charge is 0.493 e. The molecule has 0 unspecified atom stereocenters. The van der Waals surface area contributed by atoms with Gasteiger partial charge >= 0.3 is 0 Å². The molecule has 0 heterocycles. The van der Waals surface area contributed by atoms with Crippen LogP contribution in [0, 0.1) is 13.8 Å². The Hall–Kier alpha value is -3.01. The first kappa shape index (κ1) is 17.8. The number of ketones is 1. The van der Waals surface area contributed by atoms with Gasteiger partial charge in [-0.3, -0.25) is 4.79 Å². The molecule has 0 bridgehead atoms. The molecule has 4 nitrogen and oxygen atoms in total. The smallest absolute Gasteiger partial charge is 0.204 e. The minimum absolute atomic E-state index is 0.0883. The van der Waals surface area contributed by atoms with Crippen molar-refractivity contribution in [3.63, 3.8) is 0 Å². The maximum absolute atomic E-state index is 13.6. The van der Waals surface area contributed by atoms with Crippen molar-refractivity contribution in [1.29, 1.82) is 0 Å². The SMILES string of the molecule is COc1cc(C)c(C(=O)c2c(C)ccc3ccccc23)c(OC)c1OC. The molecular weight excluding hydrogens is 328 g/mol. The molecule has 0 aliphatic carbocycles. The fraction of sp³-hybridized carbons (Fsp3) is 0.227. The number of benzene rings is 3. The lowest BCUT2D eigenvalue weighted by Crippen LogP contribution is -2.10. The Kier molecular flexibility index (Phi) is 4.85. The van der Waals surface area contributed by atoms with E-state index >= 15 is 0 Å². The van der Waals surface area contributed by atoms with Crippen molar-refractivity contribution < 1.29 is 19.0 Å². The Morgan fingerprint density at radius 1 is 0.769 bits per heavy atom. The van der Waals surface area contributed by atoms with Gasteiger partial charge in [0.05, 0.1) is 26.9 Å². The first-order valence-corrected chi connectivity index (χ1v) is 8.36. The Morgan fingerprint density at radius 3 is 2.12 bits per heavy atom. The van der Waals surface area contributed by atoms with Crippen LogP contribution in [0.15, 0.2) is 42.5 Å². The average Bonchev–Trinajstić information content (AvgIpc) is 2.66. The molecule has 0 amide bonds. The van der Waals surface area contributed by atoms with Crippen molar-refractivity contribution in [3.05, 3.63) is 64.7 Å². The van der Waals surface area contributed by atoms with E-state index in [4.69, 9.17) is 14.2 Å². The van der Waals surface area contributed by atoms with Crippen LogP contribution in [0.5, 0.6) is 17.2 Å². The highest BCUT2D eigenvalue weighted by atomic mass is 16.5. The zero-order valence-electron chi connectivity index (χ0n) is 15.7. The first-order valence-electron chi connectivity index (χ1n) is 8.36. The first-order chi connectivity index (χ1) is 12.5. The molecule has 3 rings (SSSR count). The highest BCUT2D eigenvalue weighted by Gasteiger charge is 2.26. The second-order valence-electron chi connectivity index (χ2n) is 6.14. The predicted molar refractivity (Wildman–Crippen MR) is 103 cm³/mol. The van der Waals surface area contributed by atoms with Gasteiger partial charge in [-0.15, -0.1) is 0 Å². The minimum atomic E-state index is -0.0883. The van der Waals surface area contributed by atoms with E-state index in [0.29, 0.717) is 28.4 Å². The monoisotopic (exact) mass is 350 g/mol. The Bertz CT molecular complexity index is 989. The number of carbonyl (C=O) groups is 1. The number of methoxy groups -OCH3 is 3. The predicted octanol–water partition coefficient (Wildman–Crippen LogP) is 4.71.